The lowest BCUT2D eigenvalue weighted by Crippen LogP contribution is -2.29. The number of hydrogen-bond donors (Lipinski definition) is 0. The van der Waals surface area contributed by atoms with E-state index in [0.29, 0.717) is 5.78 Å². The highest BCUT2D eigenvalue weighted by Gasteiger charge is 2.37. The van der Waals surface area contributed by atoms with Gasteiger partial charge in [0.25, 0.3) is 0 Å². The second kappa shape index (κ2) is 3.26. The lowest BCUT2D eigenvalue weighted by molar-refractivity contribution is -0.121. The lowest BCUT2D eigenvalue weighted by Gasteiger charge is -2.26. The van der Waals surface area contributed by atoms with Crippen LogP contribution < -0.4 is 0 Å². The normalized spacial score (nSPS) is 35.6. The summed E-state index contributed by atoms with van der Waals surface area (Å²) >= 11 is 0. The predicted octanol–water partition coefficient (Wildman–Crippen LogP) is 2.44. The van der Waals surface area contributed by atoms with E-state index in [1.165, 1.54) is 0 Å². The third kappa shape index (κ3) is 1.85. The Labute approximate surface area is 73.8 Å². The first-order valence-corrected chi connectivity index (χ1v) is 4.46. The fourth-order valence-electron chi connectivity index (χ4n) is 1.76. The summed E-state index contributed by atoms with van der Waals surface area (Å²) in [4.78, 5) is 14.6. The van der Waals surface area contributed by atoms with Crippen LogP contribution in [0.2, 0.25) is 0 Å². The molecule has 0 aromatic heterocycles. The van der Waals surface area contributed by atoms with Crippen molar-refractivity contribution in [2.24, 2.45) is 5.92 Å². The van der Waals surface area contributed by atoms with Gasteiger partial charge in [0.05, 0.1) is 0 Å². The van der Waals surface area contributed by atoms with E-state index in [0.717, 1.165) is 25.7 Å². The molecule has 1 aliphatic carbocycles. The van der Waals surface area contributed by atoms with E-state index in [-0.39, 0.29) is 11.5 Å². The average Bonchev–Trinajstić information content (AvgIpc) is 2.05. The van der Waals surface area contributed by atoms with Crippen molar-refractivity contribution in [2.45, 2.75) is 45.1 Å². The summed E-state index contributed by atoms with van der Waals surface area (Å²) in [6.07, 6.45) is 3.60. The minimum Gasteiger partial charge on any atom is -0.311 e. The van der Waals surface area contributed by atoms with Crippen LogP contribution >= 0.6 is 0 Å². The Morgan fingerprint density at radius 1 is 1.50 bits per heavy atom. The fourth-order valence-corrected chi connectivity index (χ4v) is 1.76. The van der Waals surface area contributed by atoms with Crippen LogP contribution in [0.1, 0.15) is 39.5 Å². The van der Waals surface area contributed by atoms with E-state index < -0.39 is 0 Å². The Bertz CT molecular complexity index is 218. The van der Waals surface area contributed by atoms with Gasteiger partial charge >= 0.3 is 0 Å². The van der Waals surface area contributed by atoms with Gasteiger partial charge in [0, 0.05) is 25.7 Å². The molecular formula is C10H15NO. The lowest BCUT2D eigenvalue weighted by atomic mass is 9.77. The molecule has 0 N–H and O–H groups in total. The molecule has 0 radical (unpaired) electrons. The van der Waals surface area contributed by atoms with Crippen LogP contribution in [0.5, 0.6) is 0 Å². The van der Waals surface area contributed by atoms with E-state index >= 15 is 0 Å². The summed E-state index contributed by atoms with van der Waals surface area (Å²) < 4.78 is 0. The monoisotopic (exact) mass is 165 g/mol. The highest BCUT2D eigenvalue weighted by Crippen LogP contribution is 2.34. The van der Waals surface area contributed by atoms with Gasteiger partial charge in [0.15, 0.2) is 0 Å². The largest absolute Gasteiger partial charge is 0.311 e. The molecule has 0 heterocycles. The Morgan fingerprint density at radius 3 is 2.33 bits per heavy atom. The standard InChI is InChI=1S/C10H15NO/c1-8(12)9-4-6-10(2,11-3)7-5-9/h9H,4-7H2,1-2H3. The van der Waals surface area contributed by atoms with E-state index in [1.54, 1.807) is 6.92 Å². The first-order chi connectivity index (χ1) is 5.57. The smallest absolute Gasteiger partial charge is 0.230 e. The van der Waals surface area contributed by atoms with E-state index in [1.807, 2.05) is 6.92 Å². The zero-order valence-electron chi connectivity index (χ0n) is 7.76. The molecule has 1 saturated carbocycles. The maximum Gasteiger partial charge on any atom is 0.230 e. The zero-order chi connectivity index (χ0) is 9.19. The number of nitrogens with zero attached hydrogens (tertiary/aromatic N) is 1. The van der Waals surface area contributed by atoms with Crippen molar-refractivity contribution in [1.82, 2.24) is 0 Å². The molecule has 0 spiro atoms. The number of Topliss-reactive ketones (excluding diaryl/α,β-unsaturated/α-hetero) is 1. The molecule has 2 nitrogen and oxygen atoms in total. The molecule has 0 saturated heterocycles. The van der Waals surface area contributed by atoms with Crippen molar-refractivity contribution in [3.63, 3.8) is 0 Å². The van der Waals surface area contributed by atoms with Crippen molar-refractivity contribution in [3.8, 4) is 0 Å². The minimum atomic E-state index is -0.175. The maximum atomic E-state index is 11.0. The van der Waals surface area contributed by atoms with Crippen LogP contribution in [0.15, 0.2) is 0 Å². The first-order valence-electron chi connectivity index (χ1n) is 4.46. The highest BCUT2D eigenvalue weighted by molar-refractivity contribution is 5.78. The molecular weight excluding hydrogens is 150 g/mol. The second-order valence-electron chi connectivity index (χ2n) is 3.99. The Balaban J connectivity index is 2.51. The summed E-state index contributed by atoms with van der Waals surface area (Å²) in [6, 6.07) is 0. The number of rotatable bonds is 1. The second-order valence-corrected chi connectivity index (χ2v) is 3.99. The SMILES string of the molecule is [C-]#[N+]C1(C)CCC(C(C)=O)CC1. The van der Waals surface area contributed by atoms with Crippen LogP contribution in [-0.2, 0) is 4.79 Å². The van der Waals surface area contributed by atoms with Gasteiger partial charge in [-0.3, -0.25) is 4.79 Å². The van der Waals surface area contributed by atoms with E-state index in [9.17, 15) is 4.79 Å². The molecule has 0 amide bonds. The summed E-state index contributed by atoms with van der Waals surface area (Å²) in [5.74, 6) is 0.529. The summed E-state index contributed by atoms with van der Waals surface area (Å²) in [5.41, 5.74) is -0.175. The Morgan fingerprint density at radius 2 is 2.00 bits per heavy atom. The number of hydrogen-bond acceptors (Lipinski definition) is 1. The number of carbonyl (C=O) groups is 1. The predicted molar refractivity (Wildman–Crippen MR) is 47.6 cm³/mol. The summed E-state index contributed by atoms with van der Waals surface area (Å²) in [5, 5.41) is 0. The molecule has 1 fully saturated rings. The fraction of sp³-hybridized carbons (Fsp3) is 0.800. The molecule has 0 aromatic rings. The molecule has 66 valence electrons. The van der Waals surface area contributed by atoms with Crippen LogP contribution in [0.3, 0.4) is 0 Å². The van der Waals surface area contributed by atoms with Gasteiger partial charge in [-0.15, -0.1) is 0 Å². The van der Waals surface area contributed by atoms with Gasteiger partial charge in [-0.1, -0.05) is 0 Å². The van der Waals surface area contributed by atoms with Crippen molar-refractivity contribution in [2.75, 3.05) is 0 Å². The van der Waals surface area contributed by atoms with Crippen molar-refractivity contribution >= 4 is 5.78 Å². The van der Waals surface area contributed by atoms with Gasteiger partial charge in [-0.2, -0.15) is 0 Å². The van der Waals surface area contributed by atoms with E-state index in [2.05, 4.69) is 4.85 Å². The molecule has 0 unspecified atom stereocenters. The molecule has 0 bridgehead atoms. The van der Waals surface area contributed by atoms with Gasteiger partial charge in [-0.25, -0.2) is 6.57 Å². The Hall–Kier alpha value is -0.840. The van der Waals surface area contributed by atoms with Crippen molar-refractivity contribution < 1.29 is 4.79 Å². The minimum absolute atomic E-state index is 0.175. The number of ketones is 1. The van der Waals surface area contributed by atoms with E-state index in [4.69, 9.17) is 6.57 Å². The third-order valence-corrected chi connectivity index (χ3v) is 2.91. The molecule has 2 heteroatoms. The third-order valence-electron chi connectivity index (χ3n) is 2.91. The van der Waals surface area contributed by atoms with Crippen LogP contribution in [0.4, 0.5) is 0 Å². The quantitative estimate of drug-likeness (QED) is 0.547. The van der Waals surface area contributed by atoms with Gasteiger partial charge in [0.1, 0.15) is 5.78 Å². The number of carbonyl (C=O) groups excluding carboxylic acids is 1. The van der Waals surface area contributed by atoms with Gasteiger partial charge in [-0.05, 0) is 19.8 Å². The molecule has 12 heavy (non-hydrogen) atoms. The molecule has 1 rings (SSSR count). The maximum absolute atomic E-state index is 11.0. The van der Waals surface area contributed by atoms with Crippen molar-refractivity contribution in [3.05, 3.63) is 11.4 Å². The summed E-state index contributed by atoms with van der Waals surface area (Å²) in [6.45, 7) is 10.7. The van der Waals surface area contributed by atoms with Crippen molar-refractivity contribution in [1.29, 1.82) is 0 Å². The first kappa shape index (κ1) is 9.25. The molecule has 0 aromatic carbocycles. The van der Waals surface area contributed by atoms with Gasteiger partial charge in [0.2, 0.25) is 5.54 Å². The van der Waals surface area contributed by atoms with Crippen LogP contribution in [0.25, 0.3) is 4.85 Å². The van der Waals surface area contributed by atoms with Crippen LogP contribution in [0, 0.1) is 12.5 Å². The van der Waals surface area contributed by atoms with Gasteiger partial charge < -0.3 is 4.85 Å². The molecule has 0 aliphatic heterocycles. The molecule has 0 atom stereocenters. The molecule has 1 aliphatic rings. The average molecular weight is 165 g/mol. The highest BCUT2D eigenvalue weighted by atomic mass is 16.1. The zero-order valence-corrected chi connectivity index (χ0v) is 7.76. The Kier molecular flexibility index (Phi) is 2.52. The summed E-state index contributed by atoms with van der Waals surface area (Å²) in [7, 11) is 0. The van der Waals surface area contributed by atoms with Crippen LogP contribution in [-0.4, -0.2) is 11.3 Å². The topological polar surface area (TPSA) is 21.4 Å².